The fraction of sp³-hybridized carbons (Fsp3) is 0.900. The predicted octanol–water partition coefficient (Wildman–Crippen LogP) is 1.87. The molecule has 2 unspecified atom stereocenters. The van der Waals surface area contributed by atoms with Crippen molar-refractivity contribution in [2.75, 3.05) is 12.3 Å². The highest BCUT2D eigenvalue weighted by molar-refractivity contribution is 8.14. The van der Waals surface area contributed by atoms with Crippen LogP contribution in [0.25, 0.3) is 0 Å². The molecule has 0 radical (unpaired) electrons. The zero-order valence-electron chi connectivity index (χ0n) is 7.83. The van der Waals surface area contributed by atoms with Crippen molar-refractivity contribution in [1.29, 1.82) is 0 Å². The fourth-order valence-corrected chi connectivity index (χ4v) is 3.55. The second kappa shape index (κ2) is 3.19. The summed E-state index contributed by atoms with van der Waals surface area (Å²) in [4.78, 5) is 4.44. The molecule has 2 saturated carbocycles. The van der Waals surface area contributed by atoms with E-state index in [-0.39, 0.29) is 0 Å². The summed E-state index contributed by atoms with van der Waals surface area (Å²) in [5.74, 6) is 3.18. The highest BCUT2D eigenvalue weighted by atomic mass is 32.2. The van der Waals surface area contributed by atoms with Gasteiger partial charge in [-0.25, -0.2) is 0 Å². The second-order valence-electron chi connectivity index (χ2n) is 4.32. The summed E-state index contributed by atoms with van der Waals surface area (Å²) in [6.07, 6.45) is 5.83. The molecule has 0 aromatic carbocycles. The van der Waals surface area contributed by atoms with Crippen molar-refractivity contribution >= 4 is 16.9 Å². The normalized spacial score (nSPS) is 42.5. The van der Waals surface area contributed by atoms with Crippen LogP contribution in [0.4, 0.5) is 0 Å². The number of hydrogen-bond acceptors (Lipinski definition) is 3. The smallest absolute Gasteiger partial charge is 0.156 e. The molecule has 3 aliphatic rings. The van der Waals surface area contributed by atoms with Crippen LogP contribution >= 0.6 is 11.8 Å². The lowest BCUT2D eigenvalue weighted by molar-refractivity contribution is 0.480. The Balaban J connectivity index is 1.57. The van der Waals surface area contributed by atoms with Gasteiger partial charge < -0.3 is 5.32 Å². The average molecular weight is 196 g/mol. The third kappa shape index (κ3) is 1.47. The van der Waals surface area contributed by atoms with Crippen LogP contribution in [-0.4, -0.2) is 23.5 Å². The van der Waals surface area contributed by atoms with Gasteiger partial charge in [0.15, 0.2) is 5.17 Å². The Labute approximate surface area is 83.6 Å². The van der Waals surface area contributed by atoms with E-state index in [2.05, 4.69) is 10.3 Å². The van der Waals surface area contributed by atoms with Crippen molar-refractivity contribution in [3.63, 3.8) is 0 Å². The van der Waals surface area contributed by atoms with Crippen molar-refractivity contribution < 1.29 is 0 Å². The van der Waals surface area contributed by atoms with Crippen molar-refractivity contribution in [3.8, 4) is 0 Å². The summed E-state index contributed by atoms with van der Waals surface area (Å²) in [5.41, 5.74) is 0. The van der Waals surface area contributed by atoms with Gasteiger partial charge in [0.25, 0.3) is 0 Å². The van der Waals surface area contributed by atoms with E-state index >= 15 is 0 Å². The second-order valence-corrected chi connectivity index (χ2v) is 5.40. The molecular weight excluding hydrogens is 180 g/mol. The predicted molar refractivity (Wildman–Crippen MR) is 57.1 cm³/mol. The fourth-order valence-electron chi connectivity index (χ4n) is 2.77. The number of thioether (sulfide) groups is 1. The largest absolute Gasteiger partial charge is 0.362 e. The molecule has 2 nitrogen and oxygen atoms in total. The zero-order valence-corrected chi connectivity index (χ0v) is 8.65. The van der Waals surface area contributed by atoms with Crippen LogP contribution in [0.2, 0.25) is 0 Å². The van der Waals surface area contributed by atoms with Gasteiger partial charge >= 0.3 is 0 Å². The van der Waals surface area contributed by atoms with Crippen molar-refractivity contribution in [2.45, 2.75) is 31.7 Å². The lowest BCUT2D eigenvalue weighted by Crippen LogP contribution is -2.23. The first-order valence-electron chi connectivity index (χ1n) is 5.39. The Kier molecular flexibility index (Phi) is 2.00. The maximum atomic E-state index is 4.44. The first-order chi connectivity index (χ1) is 6.45. The molecule has 1 aliphatic heterocycles. The number of rotatable bonds is 1. The van der Waals surface area contributed by atoms with Gasteiger partial charge in [-0.2, -0.15) is 0 Å². The minimum absolute atomic E-state index is 0.798. The molecular formula is C10H16N2S. The Bertz CT molecular complexity index is 227. The topological polar surface area (TPSA) is 24.4 Å². The maximum Gasteiger partial charge on any atom is 0.156 e. The quantitative estimate of drug-likeness (QED) is 0.692. The standard InChI is InChI=1S/C10H16N2S/c1-2-4-8-7(3-1)9(8)12-10-11-5-6-13-10/h7-9H,1-6H2,(H,11,12). The van der Waals surface area contributed by atoms with Crippen LogP contribution in [0.15, 0.2) is 4.99 Å². The summed E-state index contributed by atoms with van der Waals surface area (Å²) in [6.45, 7) is 1.02. The summed E-state index contributed by atoms with van der Waals surface area (Å²) in [6, 6.07) is 0.798. The van der Waals surface area contributed by atoms with E-state index in [1.807, 2.05) is 11.8 Å². The van der Waals surface area contributed by atoms with Crippen LogP contribution in [0.5, 0.6) is 0 Å². The monoisotopic (exact) mass is 196 g/mol. The third-order valence-corrected chi connectivity index (χ3v) is 4.44. The van der Waals surface area contributed by atoms with Crippen LogP contribution in [0.1, 0.15) is 25.7 Å². The van der Waals surface area contributed by atoms with Gasteiger partial charge in [0.05, 0.1) is 6.54 Å². The average Bonchev–Trinajstić information content (AvgIpc) is 2.60. The number of fused-ring (bicyclic) bond motifs is 1. The molecule has 2 aliphatic carbocycles. The van der Waals surface area contributed by atoms with E-state index in [1.54, 1.807) is 0 Å². The van der Waals surface area contributed by atoms with Gasteiger partial charge in [-0.3, -0.25) is 4.99 Å². The summed E-state index contributed by atoms with van der Waals surface area (Å²) in [5, 5.41) is 4.83. The molecule has 0 amide bonds. The van der Waals surface area contributed by atoms with Gasteiger partial charge in [0.2, 0.25) is 0 Å². The Morgan fingerprint density at radius 3 is 2.62 bits per heavy atom. The van der Waals surface area contributed by atoms with Crippen molar-refractivity contribution in [2.24, 2.45) is 16.8 Å². The Morgan fingerprint density at radius 2 is 2.00 bits per heavy atom. The van der Waals surface area contributed by atoms with Gasteiger partial charge in [-0.05, 0) is 24.7 Å². The van der Waals surface area contributed by atoms with Crippen LogP contribution in [-0.2, 0) is 0 Å². The van der Waals surface area contributed by atoms with Crippen LogP contribution in [0.3, 0.4) is 0 Å². The van der Waals surface area contributed by atoms with E-state index in [1.165, 1.54) is 36.6 Å². The highest BCUT2D eigenvalue weighted by Gasteiger charge is 2.51. The van der Waals surface area contributed by atoms with Crippen LogP contribution < -0.4 is 5.32 Å². The lowest BCUT2D eigenvalue weighted by Gasteiger charge is -2.04. The van der Waals surface area contributed by atoms with Crippen LogP contribution in [0, 0.1) is 11.8 Å². The molecule has 0 spiro atoms. The molecule has 0 saturated heterocycles. The van der Waals surface area contributed by atoms with E-state index in [0.29, 0.717) is 0 Å². The maximum absolute atomic E-state index is 4.44. The van der Waals surface area contributed by atoms with Gasteiger partial charge in [-0.1, -0.05) is 24.6 Å². The number of nitrogens with one attached hydrogen (secondary N) is 1. The first kappa shape index (κ1) is 8.16. The number of hydrogen-bond donors (Lipinski definition) is 1. The van der Waals surface area contributed by atoms with Crippen molar-refractivity contribution in [1.82, 2.24) is 5.32 Å². The molecule has 2 atom stereocenters. The number of nitrogens with zero attached hydrogens (tertiary/aromatic N) is 1. The first-order valence-corrected chi connectivity index (χ1v) is 6.37. The molecule has 1 heterocycles. The molecule has 0 bridgehead atoms. The zero-order chi connectivity index (χ0) is 8.67. The molecule has 3 heteroatoms. The minimum Gasteiger partial charge on any atom is -0.362 e. The molecule has 2 fully saturated rings. The Hall–Kier alpha value is -0.180. The molecule has 0 aromatic rings. The highest BCUT2D eigenvalue weighted by Crippen LogP contribution is 2.49. The summed E-state index contributed by atoms with van der Waals surface area (Å²) >= 11 is 1.90. The summed E-state index contributed by atoms with van der Waals surface area (Å²) < 4.78 is 0. The molecule has 13 heavy (non-hydrogen) atoms. The van der Waals surface area contributed by atoms with E-state index < -0.39 is 0 Å². The molecule has 3 rings (SSSR count). The summed E-state index contributed by atoms with van der Waals surface area (Å²) in [7, 11) is 0. The van der Waals surface area contributed by atoms with E-state index in [9.17, 15) is 0 Å². The van der Waals surface area contributed by atoms with E-state index in [0.717, 1.165) is 24.4 Å². The van der Waals surface area contributed by atoms with Gasteiger partial charge in [0, 0.05) is 11.8 Å². The molecule has 72 valence electrons. The SMILES string of the molecule is C1CCC2C(C1)C2NC1=NCCS1. The molecule has 1 N–H and O–H groups in total. The molecule has 0 aromatic heterocycles. The van der Waals surface area contributed by atoms with Crippen molar-refractivity contribution in [3.05, 3.63) is 0 Å². The lowest BCUT2D eigenvalue weighted by atomic mass is 10.0. The third-order valence-electron chi connectivity index (χ3n) is 3.53. The van der Waals surface area contributed by atoms with E-state index in [4.69, 9.17) is 0 Å². The van der Waals surface area contributed by atoms with Gasteiger partial charge in [-0.15, -0.1) is 0 Å². The minimum atomic E-state index is 0.798. The Morgan fingerprint density at radius 1 is 1.23 bits per heavy atom. The number of amidine groups is 1. The van der Waals surface area contributed by atoms with Gasteiger partial charge in [0.1, 0.15) is 0 Å². The number of aliphatic imine (C=N–C) groups is 1.